The number of thiol groups is 1. The minimum absolute atomic E-state index is 0.161. The molecule has 1 atom stereocenters. The van der Waals surface area contributed by atoms with E-state index < -0.39 is 0 Å². The van der Waals surface area contributed by atoms with Gasteiger partial charge in [0, 0.05) is 18.9 Å². The lowest BCUT2D eigenvalue weighted by Gasteiger charge is -2.16. The topological polar surface area (TPSA) is 42.2 Å². The van der Waals surface area contributed by atoms with Gasteiger partial charge in [-0.2, -0.15) is 12.6 Å². The molecular formula is C14H21NO2S. The molecule has 1 amide bonds. The molecule has 1 heterocycles. The predicted octanol–water partition coefficient (Wildman–Crippen LogP) is 2.82. The lowest BCUT2D eigenvalue weighted by Crippen LogP contribution is -2.34. The van der Waals surface area contributed by atoms with Crippen molar-refractivity contribution in [1.82, 2.24) is 5.32 Å². The zero-order chi connectivity index (χ0) is 13.0. The fourth-order valence-electron chi connectivity index (χ4n) is 2.12. The van der Waals surface area contributed by atoms with Gasteiger partial charge in [0.25, 0.3) is 0 Å². The van der Waals surface area contributed by atoms with Gasteiger partial charge < -0.3 is 9.73 Å². The smallest absolute Gasteiger partial charge is 0.220 e. The van der Waals surface area contributed by atoms with Crippen molar-refractivity contribution in [3.05, 3.63) is 24.2 Å². The molecule has 3 nitrogen and oxygen atoms in total. The van der Waals surface area contributed by atoms with Crippen molar-refractivity contribution in [1.29, 1.82) is 0 Å². The monoisotopic (exact) mass is 267 g/mol. The molecule has 0 bridgehead atoms. The first-order valence-electron chi connectivity index (χ1n) is 6.56. The highest BCUT2D eigenvalue weighted by atomic mass is 32.1. The van der Waals surface area contributed by atoms with Gasteiger partial charge in [-0.05, 0) is 49.5 Å². The van der Waals surface area contributed by atoms with Crippen LogP contribution in [0.3, 0.4) is 0 Å². The molecule has 0 aliphatic heterocycles. The molecule has 1 unspecified atom stereocenters. The summed E-state index contributed by atoms with van der Waals surface area (Å²) in [5.74, 6) is 1.96. The quantitative estimate of drug-likeness (QED) is 0.746. The Hall–Kier alpha value is -0.900. The Morgan fingerprint density at radius 1 is 1.61 bits per heavy atom. The number of nitrogens with one attached hydrogen (secondary N) is 1. The number of aryl methyl sites for hydroxylation is 1. The summed E-state index contributed by atoms with van der Waals surface area (Å²) in [6.45, 7) is 2.04. The van der Waals surface area contributed by atoms with Crippen LogP contribution in [0.1, 0.15) is 38.4 Å². The van der Waals surface area contributed by atoms with Crippen LogP contribution in [0.2, 0.25) is 0 Å². The van der Waals surface area contributed by atoms with E-state index in [9.17, 15) is 4.79 Å². The average Bonchev–Trinajstić information content (AvgIpc) is 2.91. The Bertz CT molecular complexity index is 385. The van der Waals surface area contributed by atoms with Gasteiger partial charge in [0.15, 0.2) is 0 Å². The Kier molecular flexibility index (Phi) is 4.38. The van der Waals surface area contributed by atoms with E-state index in [1.165, 1.54) is 0 Å². The summed E-state index contributed by atoms with van der Waals surface area (Å²) in [4.78, 5) is 11.9. The number of carbonyl (C=O) groups excluding carboxylic acids is 1. The van der Waals surface area contributed by atoms with Crippen LogP contribution >= 0.6 is 12.6 Å². The zero-order valence-corrected chi connectivity index (χ0v) is 11.7. The van der Waals surface area contributed by atoms with Crippen molar-refractivity contribution >= 4 is 18.5 Å². The van der Waals surface area contributed by atoms with Crippen LogP contribution in [0.15, 0.2) is 22.8 Å². The summed E-state index contributed by atoms with van der Waals surface area (Å²) in [5.41, 5.74) is 0.202. The second-order valence-corrected chi connectivity index (χ2v) is 5.74. The summed E-state index contributed by atoms with van der Waals surface area (Å²) < 4.78 is 5.27. The van der Waals surface area contributed by atoms with Gasteiger partial charge in [0.05, 0.1) is 6.26 Å². The molecule has 1 N–H and O–H groups in total. The highest BCUT2D eigenvalue weighted by Crippen LogP contribution is 2.49. The summed E-state index contributed by atoms with van der Waals surface area (Å²) in [5, 5.41) is 3.06. The Labute approximate surface area is 114 Å². The van der Waals surface area contributed by atoms with Crippen LogP contribution < -0.4 is 5.32 Å². The molecule has 0 aromatic carbocycles. The second-order valence-electron chi connectivity index (χ2n) is 5.42. The summed E-state index contributed by atoms with van der Waals surface area (Å²) >= 11 is 4.32. The van der Waals surface area contributed by atoms with Crippen molar-refractivity contribution in [2.24, 2.45) is 5.41 Å². The number of hydrogen-bond donors (Lipinski definition) is 2. The summed E-state index contributed by atoms with van der Waals surface area (Å²) in [6, 6.07) is 4.05. The molecule has 1 saturated carbocycles. The second kappa shape index (κ2) is 5.83. The van der Waals surface area contributed by atoms with Crippen molar-refractivity contribution in [2.45, 2.75) is 45.1 Å². The van der Waals surface area contributed by atoms with Crippen LogP contribution in [0.4, 0.5) is 0 Å². The number of carbonyl (C=O) groups is 1. The van der Waals surface area contributed by atoms with Crippen molar-refractivity contribution in [2.75, 3.05) is 5.75 Å². The minimum Gasteiger partial charge on any atom is -0.469 e. The van der Waals surface area contributed by atoms with Crippen LogP contribution in [0, 0.1) is 5.41 Å². The largest absolute Gasteiger partial charge is 0.469 e. The molecule has 1 aliphatic rings. The van der Waals surface area contributed by atoms with Gasteiger partial charge in [0.2, 0.25) is 5.91 Å². The Morgan fingerprint density at radius 3 is 2.94 bits per heavy atom. The fourth-order valence-corrected chi connectivity index (χ4v) is 2.55. The molecule has 1 fully saturated rings. The summed E-state index contributed by atoms with van der Waals surface area (Å²) in [6.07, 6.45) is 6.37. The SMILES string of the molecule is CC(CCc1ccco1)NC(=O)CC1(CS)CC1. The first kappa shape index (κ1) is 13.5. The third-order valence-electron chi connectivity index (χ3n) is 3.64. The molecule has 100 valence electrons. The number of rotatable bonds is 7. The standard InChI is InChI=1S/C14H21NO2S/c1-11(4-5-12-3-2-8-17-12)15-13(16)9-14(10-18)6-7-14/h2-3,8,11,18H,4-7,9-10H2,1H3,(H,15,16). The lowest BCUT2D eigenvalue weighted by molar-refractivity contribution is -0.122. The van der Waals surface area contributed by atoms with E-state index in [1.54, 1.807) is 6.26 Å². The molecule has 18 heavy (non-hydrogen) atoms. The molecule has 1 aliphatic carbocycles. The van der Waals surface area contributed by atoms with E-state index in [1.807, 2.05) is 19.1 Å². The van der Waals surface area contributed by atoms with Crippen LogP contribution in [0.25, 0.3) is 0 Å². The van der Waals surface area contributed by atoms with Crippen molar-refractivity contribution < 1.29 is 9.21 Å². The third kappa shape index (κ3) is 3.80. The maximum Gasteiger partial charge on any atom is 0.220 e. The van der Waals surface area contributed by atoms with E-state index in [0.29, 0.717) is 6.42 Å². The van der Waals surface area contributed by atoms with Gasteiger partial charge in [-0.3, -0.25) is 4.79 Å². The van der Waals surface area contributed by atoms with E-state index in [0.717, 1.165) is 37.2 Å². The van der Waals surface area contributed by atoms with Crippen LogP contribution in [-0.2, 0) is 11.2 Å². The Balaban J connectivity index is 1.67. The highest BCUT2D eigenvalue weighted by Gasteiger charge is 2.42. The average molecular weight is 267 g/mol. The number of furan rings is 1. The molecule has 1 aromatic rings. The molecule has 2 rings (SSSR count). The van der Waals surface area contributed by atoms with E-state index >= 15 is 0 Å². The molecule has 1 aromatic heterocycles. The normalized spacial score (nSPS) is 18.3. The molecule has 0 spiro atoms. The fraction of sp³-hybridized carbons (Fsp3) is 0.643. The maximum absolute atomic E-state index is 11.9. The first-order valence-corrected chi connectivity index (χ1v) is 7.19. The molecule has 0 radical (unpaired) electrons. The van der Waals surface area contributed by atoms with E-state index in [2.05, 4.69) is 17.9 Å². The van der Waals surface area contributed by atoms with Gasteiger partial charge in [0.1, 0.15) is 5.76 Å². The third-order valence-corrected chi connectivity index (χ3v) is 4.31. The van der Waals surface area contributed by atoms with Crippen molar-refractivity contribution in [3.63, 3.8) is 0 Å². The van der Waals surface area contributed by atoms with Crippen molar-refractivity contribution in [3.8, 4) is 0 Å². The van der Waals surface area contributed by atoms with E-state index in [-0.39, 0.29) is 17.4 Å². The number of hydrogen-bond acceptors (Lipinski definition) is 3. The Morgan fingerprint density at radius 2 is 2.39 bits per heavy atom. The predicted molar refractivity (Wildman–Crippen MR) is 74.8 cm³/mol. The first-order chi connectivity index (χ1) is 8.63. The molecule has 0 saturated heterocycles. The highest BCUT2D eigenvalue weighted by molar-refractivity contribution is 7.80. The van der Waals surface area contributed by atoms with Gasteiger partial charge >= 0.3 is 0 Å². The van der Waals surface area contributed by atoms with Gasteiger partial charge in [-0.25, -0.2) is 0 Å². The summed E-state index contributed by atoms with van der Waals surface area (Å²) in [7, 11) is 0. The lowest BCUT2D eigenvalue weighted by atomic mass is 10.0. The van der Waals surface area contributed by atoms with Gasteiger partial charge in [-0.15, -0.1) is 0 Å². The minimum atomic E-state index is 0.161. The van der Waals surface area contributed by atoms with Crippen LogP contribution in [-0.4, -0.2) is 17.7 Å². The zero-order valence-electron chi connectivity index (χ0n) is 10.8. The number of amides is 1. The molecular weight excluding hydrogens is 246 g/mol. The molecule has 4 heteroatoms. The van der Waals surface area contributed by atoms with Gasteiger partial charge in [-0.1, -0.05) is 0 Å². The maximum atomic E-state index is 11.9. The van der Waals surface area contributed by atoms with E-state index in [4.69, 9.17) is 4.42 Å². The van der Waals surface area contributed by atoms with Crippen LogP contribution in [0.5, 0.6) is 0 Å².